The fourth-order valence-corrected chi connectivity index (χ4v) is 2.04. The molecule has 0 fully saturated rings. The molecule has 1 aromatic carbocycles. The predicted molar refractivity (Wildman–Crippen MR) is 83.6 cm³/mol. The molecule has 0 radical (unpaired) electrons. The van der Waals surface area contributed by atoms with Crippen molar-refractivity contribution in [2.24, 2.45) is 0 Å². The molecule has 1 aromatic heterocycles. The van der Waals surface area contributed by atoms with Crippen molar-refractivity contribution in [2.75, 3.05) is 7.05 Å². The van der Waals surface area contributed by atoms with Gasteiger partial charge in [-0.3, -0.25) is 4.79 Å². The molecule has 1 unspecified atom stereocenters. The lowest BCUT2D eigenvalue weighted by molar-refractivity contribution is -0.143. The first kappa shape index (κ1) is 15.8. The summed E-state index contributed by atoms with van der Waals surface area (Å²) in [5, 5.41) is 2.58. The third-order valence-electron chi connectivity index (χ3n) is 3.16. The van der Waals surface area contributed by atoms with Gasteiger partial charge in [0, 0.05) is 24.6 Å². The average Bonchev–Trinajstić information content (AvgIpc) is 2.86. The van der Waals surface area contributed by atoms with Crippen LogP contribution in [0.15, 0.2) is 30.4 Å². The maximum atomic E-state index is 11.6. The smallest absolute Gasteiger partial charge is 0.333 e. The van der Waals surface area contributed by atoms with Crippen LogP contribution in [0.4, 0.5) is 0 Å². The second-order valence-corrected chi connectivity index (χ2v) is 5.19. The van der Waals surface area contributed by atoms with E-state index >= 15 is 0 Å². The SMILES string of the molecule is C=C(C)C(=O)OC(C)Cc1nc2ccc(C(=O)NC)cc2[nH]1. The zero-order chi connectivity index (χ0) is 16.3. The second kappa shape index (κ2) is 6.43. The normalized spacial score (nSPS) is 12.0. The maximum absolute atomic E-state index is 11.6. The topological polar surface area (TPSA) is 84.1 Å². The molecule has 0 bridgehead atoms. The molecule has 0 saturated carbocycles. The lowest BCUT2D eigenvalue weighted by Crippen LogP contribution is -2.18. The lowest BCUT2D eigenvalue weighted by atomic mass is 10.2. The minimum atomic E-state index is -0.412. The number of hydrogen-bond donors (Lipinski definition) is 2. The third kappa shape index (κ3) is 3.52. The van der Waals surface area contributed by atoms with E-state index in [1.54, 1.807) is 39.1 Å². The van der Waals surface area contributed by atoms with Crippen molar-refractivity contribution in [1.82, 2.24) is 15.3 Å². The number of rotatable bonds is 5. The van der Waals surface area contributed by atoms with Gasteiger partial charge in [0.15, 0.2) is 0 Å². The summed E-state index contributed by atoms with van der Waals surface area (Å²) in [6, 6.07) is 5.25. The van der Waals surface area contributed by atoms with Crippen molar-refractivity contribution in [3.63, 3.8) is 0 Å². The van der Waals surface area contributed by atoms with E-state index in [0.717, 1.165) is 11.0 Å². The van der Waals surface area contributed by atoms with Crippen molar-refractivity contribution in [1.29, 1.82) is 0 Å². The number of hydrogen-bond acceptors (Lipinski definition) is 4. The predicted octanol–water partition coefficient (Wildman–Crippen LogP) is 1.97. The van der Waals surface area contributed by atoms with Crippen LogP contribution in [0.3, 0.4) is 0 Å². The molecule has 0 spiro atoms. The van der Waals surface area contributed by atoms with Gasteiger partial charge in [-0.15, -0.1) is 0 Å². The highest BCUT2D eigenvalue weighted by Crippen LogP contribution is 2.15. The van der Waals surface area contributed by atoms with Gasteiger partial charge in [0.05, 0.1) is 11.0 Å². The number of nitrogens with zero attached hydrogens (tertiary/aromatic N) is 1. The Balaban J connectivity index is 2.14. The van der Waals surface area contributed by atoms with E-state index in [9.17, 15) is 9.59 Å². The van der Waals surface area contributed by atoms with Crippen LogP contribution in [0.2, 0.25) is 0 Å². The Hall–Kier alpha value is -2.63. The summed E-state index contributed by atoms with van der Waals surface area (Å²) in [6.07, 6.45) is 0.145. The molecule has 1 amide bonds. The minimum absolute atomic E-state index is 0.151. The first-order valence-corrected chi connectivity index (χ1v) is 6.98. The van der Waals surface area contributed by atoms with Crippen LogP contribution in [-0.4, -0.2) is 35.0 Å². The fraction of sp³-hybridized carbons (Fsp3) is 0.312. The lowest BCUT2D eigenvalue weighted by Gasteiger charge is -2.11. The van der Waals surface area contributed by atoms with Gasteiger partial charge < -0.3 is 15.0 Å². The molecule has 6 heteroatoms. The molecule has 22 heavy (non-hydrogen) atoms. The van der Waals surface area contributed by atoms with E-state index in [0.29, 0.717) is 23.4 Å². The maximum Gasteiger partial charge on any atom is 0.333 e. The minimum Gasteiger partial charge on any atom is -0.459 e. The standard InChI is InChI=1S/C16H19N3O3/c1-9(2)16(21)22-10(3)7-14-18-12-6-5-11(15(20)17-4)8-13(12)19-14/h5-6,8,10H,1,7H2,2-4H3,(H,17,20)(H,18,19). The number of H-pyrrole nitrogens is 1. The van der Waals surface area contributed by atoms with Crippen LogP contribution in [-0.2, 0) is 16.0 Å². The van der Waals surface area contributed by atoms with E-state index in [2.05, 4.69) is 21.9 Å². The van der Waals surface area contributed by atoms with Crippen molar-refractivity contribution in [3.8, 4) is 0 Å². The number of aromatic amines is 1. The van der Waals surface area contributed by atoms with Crippen LogP contribution in [0.25, 0.3) is 11.0 Å². The highest BCUT2D eigenvalue weighted by Gasteiger charge is 2.14. The molecule has 0 aliphatic carbocycles. The quantitative estimate of drug-likeness (QED) is 0.653. The van der Waals surface area contributed by atoms with Gasteiger partial charge in [-0.25, -0.2) is 9.78 Å². The summed E-state index contributed by atoms with van der Waals surface area (Å²) in [5.74, 6) is 0.137. The van der Waals surface area contributed by atoms with E-state index in [-0.39, 0.29) is 12.0 Å². The Morgan fingerprint density at radius 1 is 1.45 bits per heavy atom. The summed E-state index contributed by atoms with van der Waals surface area (Å²) in [4.78, 5) is 30.7. The van der Waals surface area contributed by atoms with Crippen molar-refractivity contribution < 1.29 is 14.3 Å². The zero-order valence-electron chi connectivity index (χ0n) is 12.9. The number of benzene rings is 1. The molecule has 116 valence electrons. The molecule has 0 saturated heterocycles. The van der Waals surface area contributed by atoms with Crippen LogP contribution >= 0.6 is 0 Å². The van der Waals surface area contributed by atoms with E-state index < -0.39 is 5.97 Å². The number of fused-ring (bicyclic) bond motifs is 1. The summed E-state index contributed by atoms with van der Waals surface area (Å²) >= 11 is 0. The first-order chi connectivity index (χ1) is 10.4. The van der Waals surface area contributed by atoms with Crippen LogP contribution in [0, 0.1) is 0 Å². The summed E-state index contributed by atoms with van der Waals surface area (Å²) < 4.78 is 5.23. The van der Waals surface area contributed by atoms with Gasteiger partial charge in [-0.2, -0.15) is 0 Å². The number of imidazole rings is 1. The molecule has 2 rings (SSSR count). The van der Waals surface area contributed by atoms with E-state index in [1.165, 1.54) is 0 Å². The number of amides is 1. The number of carbonyl (C=O) groups excluding carboxylic acids is 2. The zero-order valence-corrected chi connectivity index (χ0v) is 12.9. The molecule has 2 aromatic rings. The molecule has 0 aliphatic rings. The number of carbonyl (C=O) groups is 2. The molecule has 1 atom stereocenters. The van der Waals surface area contributed by atoms with Gasteiger partial charge in [0.1, 0.15) is 11.9 Å². The van der Waals surface area contributed by atoms with Crippen LogP contribution in [0.1, 0.15) is 30.0 Å². The van der Waals surface area contributed by atoms with Crippen molar-refractivity contribution >= 4 is 22.9 Å². The van der Waals surface area contributed by atoms with Gasteiger partial charge in [-0.05, 0) is 32.0 Å². The summed E-state index contributed by atoms with van der Waals surface area (Å²) in [6.45, 7) is 6.95. The van der Waals surface area contributed by atoms with Crippen LogP contribution < -0.4 is 5.32 Å². The van der Waals surface area contributed by atoms with Gasteiger partial charge in [-0.1, -0.05) is 6.58 Å². The average molecular weight is 301 g/mol. The number of aromatic nitrogens is 2. The molecular weight excluding hydrogens is 282 g/mol. The van der Waals surface area contributed by atoms with Gasteiger partial charge >= 0.3 is 5.97 Å². The Kier molecular flexibility index (Phi) is 4.60. The third-order valence-corrected chi connectivity index (χ3v) is 3.16. The highest BCUT2D eigenvalue weighted by molar-refractivity contribution is 5.97. The molecule has 6 nitrogen and oxygen atoms in total. The van der Waals surface area contributed by atoms with Gasteiger partial charge in [0.2, 0.25) is 0 Å². The van der Waals surface area contributed by atoms with E-state index in [1.807, 2.05) is 0 Å². The molecule has 0 aliphatic heterocycles. The Morgan fingerprint density at radius 3 is 2.82 bits per heavy atom. The Labute approximate surface area is 128 Å². The second-order valence-electron chi connectivity index (χ2n) is 5.19. The highest BCUT2D eigenvalue weighted by atomic mass is 16.5. The molecular formula is C16H19N3O3. The Bertz CT molecular complexity index is 733. The fourth-order valence-electron chi connectivity index (χ4n) is 2.04. The van der Waals surface area contributed by atoms with Crippen molar-refractivity contribution in [3.05, 3.63) is 41.7 Å². The van der Waals surface area contributed by atoms with Crippen LogP contribution in [0.5, 0.6) is 0 Å². The molecule has 2 N–H and O–H groups in total. The first-order valence-electron chi connectivity index (χ1n) is 6.98. The Morgan fingerprint density at radius 2 is 2.18 bits per heavy atom. The summed E-state index contributed by atoms with van der Waals surface area (Å²) in [5.41, 5.74) is 2.47. The van der Waals surface area contributed by atoms with E-state index in [4.69, 9.17) is 4.74 Å². The monoisotopic (exact) mass is 301 g/mol. The van der Waals surface area contributed by atoms with Gasteiger partial charge in [0.25, 0.3) is 5.91 Å². The number of esters is 1. The summed E-state index contributed by atoms with van der Waals surface area (Å²) in [7, 11) is 1.59. The number of ether oxygens (including phenoxy) is 1. The van der Waals surface area contributed by atoms with Crippen molar-refractivity contribution in [2.45, 2.75) is 26.4 Å². The largest absolute Gasteiger partial charge is 0.459 e. The number of nitrogens with one attached hydrogen (secondary N) is 2. The molecule has 1 heterocycles.